The van der Waals surface area contributed by atoms with Gasteiger partial charge in [-0.2, -0.15) is 0 Å². The first-order valence-electron chi connectivity index (χ1n) is 15.7. The number of hydrogen-bond donors (Lipinski definition) is 3. The number of allylic oxidation sites excluding steroid dienone is 11. The monoisotopic (exact) mass is 590 g/mol. The molecule has 2 heterocycles. The Morgan fingerprint density at radius 2 is 1.86 bits per heavy atom. The number of carbonyl (C=O) groups is 1. The minimum absolute atomic E-state index is 0.119. The van der Waals surface area contributed by atoms with Gasteiger partial charge in [-0.15, -0.1) is 6.58 Å². The Balaban J connectivity index is 0.00000217. The Bertz CT molecular complexity index is 1090. The first-order chi connectivity index (χ1) is 20.5. The van der Waals surface area contributed by atoms with E-state index >= 15 is 0 Å². The third-order valence-corrected chi connectivity index (χ3v) is 7.15. The van der Waals surface area contributed by atoms with Crippen LogP contribution in [0.3, 0.4) is 0 Å². The Morgan fingerprint density at radius 3 is 2.40 bits per heavy atom. The van der Waals surface area contributed by atoms with E-state index in [9.17, 15) is 4.79 Å². The van der Waals surface area contributed by atoms with Crippen molar-refractivity contribution in [1.82, 2.24) is 20.7 Å². The second-order valence-electron chi connectivity index (χ2n) is 11.8. The number of amides is 1. The summed E-state index contributed by atoms with van der Waals surface area (Å²) in [5.41, 5.74) is 6.07. The average Bonchev–Trinajstić information content (AvgIpc) is 3.18. The van der Waals surface area contributed by atoms with E-state index in [1.165, 1.54) is 6.21 Å². The lowest BCUT2D eigenvalue weighted by Crippen LogP contribution is -2.47. The van der Waals surface area contributed by atoms with E-state index in [0.29, 0.717) is 0 Å². The summed E-state index contributed by atoms with van der Waals surface area (Å²) in [5, 5.41) is 13.0. The molecule has 1 amide bonds. The highest BCUT2D eigenvalue weighted by Crippen LogP contribution is 2.24. The lowest BCUT2D eigenvalue weighted by Gasteiger charge is -2.32. The number of likely N-dealkylation sites (tertiary alicyclic amines) is 1. The lowest BCUT2D eigenvalue weighted by molar-refractivity contribution is -0.127. The van der Waals surface area contributed by atoms with Crippen LogP contribution in [0.5, 0.6) is 0 Å². The SMILES string of the molecule is C/C=C\C=C/CC1=CC(C=N)C=C(N(C)NC)N=C1C(/C=C\CCN1CCC(C(=O)NC(C)(C)C)CC1)=C/C.C=CCC. The van der Waals surface area contributed by atoms with Gasteiger partial charge in [0.1, 0.15) is 5.82 Å². The van der Waals surface area contributed by atoms with E-state index in [2.05, 4.69) is 65.6 Å². The number of nitrogens with one attached hydrogen (secondary N) is 3. The molecule has 0 bridgehead atoms. The summed E-state index contributed by atoms with van der Waals surface area (Å²) in [4.78, 5) is 20.0. The van der Waals surface area contributed by atoms with Gasteiger partial charge in [-0.05, 0) is 97.0 Å². The molecule has 238 valence electrons. The first kappa shape index (κ1) is 37.7. The van der Waals surface area contributed by atoms with E-state index in [1.807, 2.05) is 78.0 Å². The average molecular weight is 591 g/mol. The third-order valence-electron chi connectivity index (χ3n) is 7.15. The topological polar surface area (TPSA) is 83.8 Å². The Morgan fingerprint density at radius 1 is 1.19 bits per heavy atom. The summed E-state index contributed by atoms with van der Waals surface area (Å²) in [6, 6.07) is 0. The van der Waals surface area contributed by atoms with Gasteiger partial charge in [-0.3, -0.25) is 9.80 Å². The van der Waals surface area contributed by atoms with Crippen molar-refractivity contribution in [3.8, 4) is 0 Å². The van der Waals surface area contributed by atoms with Crippen molar-refractivity contribution in [2.75, 3.05) is 33.7 Å². The van der Waals surface area contributed by atoms with Crippen molar-refractivity contribution < 1.29 is 4.79 Å². The molecular formula is C36H58N6O. The van der Waals surface area contributed by atoms with Crippen LogP contribution < -0.4 is 10.7 Å². The van der Waals surface area contributed by atoms with E-state index in [1.54, 1.807) is 0 Å². The second kappa shape index (κ2) is 20.6. The van der Waals surface area contributed by atoms with Crippen LogP contribution in [0.4, 0.5) is 0 Å². The maximum absolute atomic E-state index is 12.5. The zero-order chi connectivity index (χ0) is 32.3. The minimum Gasteiger partial charge on any atom is -0.351 e. The van der Waals surface area contributed by atoms with Gasteiger partial charge in [0.15, 0.2) is 0 Å². The molecule has 0 saturated carbocycles. The molecule has 7 heteroatoms. The highest BCUT2D eigenvalue weighted by molar-refractivity contribution is 6.15. The van der Waals surface area contributed by atoms with E-state index in [0.717, 1.165) is 74.4 Å². The maximum atomic E-state index is 12.5. The highest BCUT2D eigenvalue weighted by Gasteiger charge is 2.27. The van der Waals surface area contributed by atoms with Gasteiger partial charge in [-0.25, -0.2) is 10.4 Å². The molecule has 1 fully saturated rings. The fraction of sp³-hybridized carbons (Fsp3) is 0.528. The summed E-state index contributed by atoms with van der Waals surface area (Å²) >= 11 is 0. The van der Waals surface area contributed by atoms with Crippen LogP contribution in [0.1, 0.15) is 73.6 Å². The molecule has 0 aliphatic carbocycles. The molecule has 0 aromatic rings. The third kappa shape index (κ3) is 14.6. The van der Waals surface area contributed by atoms with Gasteiger partial charge in [0.2, 0.25) is 5.91 Å². The van der Waals surface area contributed by atoms with Crippen molar-refractivity contribution >= 4 is 17.8 Å². The van der Waals surface area contributed by atoms with Crippen LogP contribution in [0.15, 0.2) is 89.3 Å². The second-order valence-corrected chi connectivity index (χ2v) is 11.8. The number of piperidine rings is 1. The largest absolute Gasteiger partial charge is 0.351 e. The van der Waals surface area contributed by atoms with Gasteiger partial charge < -0.3 is 15.6 Å². The molecule has 2 aliphatic rings. The van der Waals surface area contributed by atoms with Gasteiger partial charge in [-0.1, -0.05) is 61.6 Å². The smallest absolute Gasteiger partial charge is 0.223 e. The number of nitrogens with zero attached hydrogens (tertiary/aromatic N) is 3. The molecule has 1 saturated heterocycles. The molecule has 0 aromatic carbocycles. The molecule has 1 unspecified atom stereocenters. The maximum Gasteiger partial charge on any atom is 0.223 e. The number of rotatable bonds is 13. The van der Waals surface area contributed by atoms with Crippen molar-refractivity contribution in [3.63, 3.8) is 0 Å². The van der Waals surface area contributed by atoms with E-state index in [4.69, 9.17) is 10.4 Å². The summed E-state index contributed by atoms with van der Waals surface area (Å²) in [7, 11) is 3.80. The molecule has 0 spiro atoms. The fourth-order valence-electron chi connectivity index (χ4n) is 4.62. The quantitative estimate of drug-likeness (QED) is 0.0919. The van der Waals surface area contributed by atoms with Crippen LogP contribution in [0.2, 0.25) is 0 Å². The molecule has 7 nitrogen and oxygen atoms in total. The predicted molar refractivity (Wildman–Crippen MR) is 186 cm³/mol. The van der Waals surface area contributed by atoms with Crippen molar-refractivity contribution in [2.24, 2.45) is 16.8 Å². The zero-order valence-corrected chi connectivity index (χ0v) is 28.1. The standard InChI is InChI=1S/C32H50N6O.C4H8/c1-8-10-11-12-16-28-22-25(24-33)23-29(37(7)34-6)35-30(28)26(9-2)15-13-14-19-38-20-17-27(18-21-38)31(39)36-32(3,4)5;1-3-4-2/h8-13,15,22-25,27,33-34H,14,16-21H2,1-7H3,(H,36,39);3H,1,4H2,2H3/b10-8-,12-11-,15-13-,26-9+,33-24?;. The molecular weight excluding hydrogens is 532 g/mol. The van der Waals surface area contributed by atoms with Crippen LogP contribution in [-0.2, 0) is 4.79 Å². The molecule has 2 aliphatic heterocycles. The lowest BCUT2D eigenvalue weighted by atomic mass is 9.94. The molecule has 1 atom stereocenters. The molecule has 0 aromatic heterocycles. The van der Waals surface area contributed by atoms with Crippen LogP contribution in [0, 0.1) is 17.2 Å². The van der Waals surface area contributed by atoms with Crippen LogP contribution in [0.25, 0.3) is 0 Å². The van der Waals surface area contributed by atoms with Crippen molar-refractivity contribution in [3.05, 3.63) is 84.3 Å². The zero-order valence-electron chi connectivity index (χ0n) is 28.1. The van der Waals surface area contributed by atoms with E-state index < -0.39 is 0 Å². The highest BCUT2D eigenvalue weighted by atomic mass is 16.2. The Labute approximate surface area is 262 Å². The number of hydrazine groups is 1. The minimum atomic E-state index is -0.178. The summed E-state index contributed by atoms with van der Waals surface area (Å²) in [6.07, 6.45) is 26.8. The fourth-order valence-corrected chi connectivity index (χ4v) is 4.62. The van der Waals surface area contributed by atoms with Crippen LogP contribution in [-0.4, -0.2) is 67.0 Å². The Kier molecular flexibility index (Phi) is 18.1. The Hall–Kier alpha value is -3.29. The van der Waals surface area contributed by atoms with Gasteiger partial charge in [0.25, 0.3) is 0 Å². The van der Waals surface area contributed by atoms with Gasteiger partial charge in [0, 0.05) is 44.2 Å². The molecule has 2 rings (SSSR count). The molecule has 3 N–H and O–H groups in total. The number of hydrogen-bond acceptors (Lipinski definition) is 6. The predicted octanol–water partition coefficient (Wildman–Crippen LogP) is 7.16. The number of aliphatic imine (C=N–C) groups is 1. The van der Waals surface area contributed by atoms with Crippen molar-refractivity contribution in [1.29, 1.82) is 5.41 Å². The van der Waals surface area contributed by atoms with Gasteiger partial charge in [0.05, 0.1) is 5.71 Å². The normalized spacial score (nSPS) is 18.9. The number of carbonyl (C=O) groups excluding carboxylic acids is 1. The summed E-state index contributed by atoms with van der Waals surface area (Å²) < 4.78 is 0. The molecule has 43 heavy (non-hydrogen) atoms. The first-order valence-corrected chi connectivity index (χ1v) is 15.7. The van der Waals surface area contributed by atoms with Gasteiger partial charge >= 0.3 is 0 Å². The summed E-state index contributed by atoms with van der Waals surface area (Å²) in [6.45, 7) is 18.6. The van der Waals surface area contributed by atoms with Crippen LogP contribution >= 0.6 is 0 Å². The van der Waals surface area contributed by atoms with Crippen molar-refractivity contribution in [2.45, 2.75) is 79.2 Å². The van der Waals surface area contributed by atoms with E-state index in [-0.39, 0.29) is 23.3 Å². The summed E-state index contributed by atoms with van der Waals surface area (Å²) in [5.74, 6) is 0.971. The molecule has 0 radical (unpaired) electrons.